The lowest BCUT2D eigenvalue weighted by atomic mass is 10.2. The highest BCUT2D eigenvalue weighted by atomic mass is 32.2. The summed E-state index contributed by atoms with van der Waals surface area (Å²) >= 11 is 3.66. The average Bonchev–Trinajstić information content (AvgIpc) is 2.33. The standard InChI is InChI=1S/C7H6S2/c1-2-8-4-7-5-9-3-6(1)7/h1-3,5H,4H2. The normalized spacial score (nSPS) is 15.6. The van der Waals surface area contributed by atoms with Crippen LogP contribution in [0, 0.1) is 0 Å². The molecular formula is C7H6S2. The molecule has 0 spiro atoms. The minimum Gasteiger partial charge on any atom is -0.151 e. The van der Waals surface area contributed by atoms with Gasteiger partial charge in [-0.05, 0) is 33.4 Å². The van der Waals surface area contributed by atoms with Crippen LogP contribution in [0.2, 0.25) is 0 Å². The molecule has 1 aliphatic rings. The van der Waals surface area contributed by atoms with E-state index in [-0.39, 0.29) is 0 Å². The Morgan fingerprint density at radius 2 is 2.33 bits per heavy atom. The van der Waals surface area contributed by atoms with Crippen LogP contribution in [-0.4, -0.2) is 0 Å². The summed E-state index contributed by atoms with van der Waals surface area (Å²) in [5.41, 5.74) is 2.91. The van der Waals surface area contributed by atoms with Crippen molar-refractivity contribution in [1.82, 2.24) is 0 Å². The lowest BCUT2D eigenvalue weighted by Gasteiger charge is -2.01. The Morgan fingerprint density at radius 1 is 1.33 bits per heavy atom. The van der Waals surface area contributed by atoms with Crippen molar-refractivity contribution in [3.8, 4) is 0 Å². The topological polar surface area (TPSA) is 0 Å². The van der Waals surface area contributed by atoms with E-state index in [0.717, 1.165) is 5.75 Å². The van der Waals surface area contributed by atoms with Crippen LogP contribution in [0.15, 0.2) is 16.2 Å². The Morgan fingerprint density at radius 3 is 3.22 bits per heavy atom. The third kappa shape index (κ3) is 0.926. The smallest absolute Gasteiger partial charge is 0.0240 e. The van der Waals surface area contributed by atoms with E-state index in [1.807, 2.05) is 11.8 Å². The van der Waals surface area contributed by atoms with Gasteiger partial charge >= 0.3 is 0 Å². The largest absolute Gasteiger partial charge is 0.151 e. The molecule has 1 aliphatic heterocycles. The van der Waals surface area contributed by atoms with Crippen molar-refractivity contribution in [2.75, 3.05) is 0 Å². The third-order valence-electron chi connectivity index (χ3n) is 1.36. The van der Waals surface area contributed by atoms with Crippen molar-refractivity contribution < 1.29 is 0 Å². The molecule has 0 unspecified atom stereocenters. The van der Waals surface area contributed by atoms with Crippen molar-refractivity contribution in [2.45, 2.75) is 5.75 Å². The molecule has 0 aliphatic carbocycles. The second-order valence-corrected chi connectivity index (χ2v) is 3.60. The molecule has 0 saturated carbocycles. The zero-order valence-corrected chi connectivity index (χ0v) is 6.47. The number of thioether (sulfide) groups is 1. The first-order valence-electron chi connectivity index (χ1n) is 2.80. The van der Waals surface area contributed by atoms with E-state index in [0.29, 0.717) is 0 Å². The number of rotatable bonds is 0. The van der Waals surface area contributed by atoms with Gasteiger partial charge in [0.2, 0.25) is 0 Å². The maximum Gasteiger partial charge on any atom is 0.0240 e. The van der Waals surface area contributed by atoms with Gasteiger partial charge in [0.05, 0.1) is 0 Å². The Balaban J connectivity index is 2.53. The fourth-order valence-corrected chi connectivity index (χ4v) is 2.56. The first-order chi connectivity index (χ1) is 4.47. The van der Waals surface area contributed by atoms with Gasteiger partial charge in [0.25, 0.3) is 0 Å². The van der Waals surface area contributed by atoms with Crippen molar-refractivity contribution in [3.05, 3.63) is 27.3 Å². The molecule has 0 atom stereocenters. The van der Waals surface area contributed by atoms with Crippen molar-refractivity contribution >= 4 is 29.2 Å². The lowest BCUT2D eigenvalue weighted by molar-refractivity contribution is 1.45. The minimum atomic E-state index is 1.16. The summed E-state index contributed by atoms with van der Waals surface area (Å²) in [5, 5.41) is 6.59. The molecular weight excluding hydrogens is 148 g/mol. The van der Waals surface area contributed by atoms with Crippen molar-refractivity contribution in [2.24, 2.45) is 0 Å². The zero-order valence-electron chi connectivity index (χ0n) is 4.83. The van der Waals surface area contributed by atoms with Gasteiger partial charge in [-0.25, -0.2) is 0 Å². The molecule has 0 saturated heterocycles. The van der Waals surface area contributed by atoms with Gasteiger partial charge in [0.1, 0.15) is 0 Å². The molecule has 0 radical (unpaired) electrons. The summed E-state index contributed by atoms with van der Waals surface area (Å²) in [5.74, 6) is 1.16. The molecule has 1 aromatic rings. The fourth-order valence-electron chi connectivity index (χ4n) is 0.856. The van der Waals surface area contributed by atoms with Gasteiger partial charge in [-0.3, -0.25) is 0 Å². The SMILES string of the molecule is C1=Cc2cscc2CS1. The van der Waals surface area contributed by atoms with E-state index >= 15 is 0 Å². The number of hydrogen-bond acceptors (Lipinski definition) is 2. The van der Waals surface area contributed by atoms with Crippen LogP contribution in [0.25, 0.3) is 6.08 Å². The number of thiophene rings is 1. The second-order valence-electron chi connectivity index (χ2n) is 1.97. The molecule has 1 aromatic heterocycles. The van der Waals surface area contributed by atoms with Gasteiger partial charge < -0.3 is 0 Å². The van der Waals surface area contributed by atoms with E-state index < -0.39 is 0 Å². The van der Waals surface area contributed by atoms with Crippen LogP contribution >= 0.6 is 23.1 Å². The second kappa shape index (κ2) is 2.20. The van der Waals surface area contributed by atoms with E-state index in [2.05, 4.69) is 22.2 Å². The van der Waals surface area contributed by atoms with Crippen molar-refractivity contribution in [1.29, 1.82) is 0 Å². The fraction of sp³-hybridized carbons (Fsp3) is 0.143. The summed E-state index contributed by atoms with van der Waals surface area (Å²) in [6, 6.07) is 0. The summed E-state index contributed by atoms with van der Waals surface area (Å²) in [4.78, 5) is 0. The maximum absolute atomic E-state index is 2.23. The highest BCUT2D eigenvalue weighted by Gasteiger charge is 2.02. The number of hydrogen-bond donors (Lipinski definition) is 0. The van der Waals surface area contributed by atoms with Gasteiger partial charge in [-0.1, -0.05) is 0 Å². The van der Waals surface area contributed by atoms with Crippen molar-refractivity contribution in [3.63, 3.8) is 0 Å². The summed E-state index contributed by atoms with van der Waals surface area (Å²) < 4.78 is 0. The maximum atomic E-state index is 2.23. The predicted molar refractivity (Wildman–Crippen MR) is 44.6 cm³/mol. The first kappa shape index (κ1) is 5.57. The molecule has 0 fully saturated rings. The van der Waals surface area contributed by atoms with E-state index in [4.69, 9.17) is 0 Å². The Labute approximate surface area is 62.6 Å². The van der Waals surface area contributed by atoms with Crippen LogP contribution in [0.3, 0.4) is 0 Å². The Kier molecular flexibility index (Phi) is 1.36. The highest BCUT2D eigenvalue weighted by Crippen LogP contribution is 2.27. The van der Waals surface area contributed by atoms with Crippen LogP contribution in [0.4, 0.5) is 0 Å². The molecule has 2 rings (SSSR count). The summed E-state index contributed by atoms with van der Waals surface area (Å²) in [6.45, 7) is 0. The summed E-state index contributed by atoms with van der Waals surface area (Å²) in [7, 11) is 0. The van der Waals surface area contributed by atoms with Gasteiger partial charge in [-0.2, -0.15) is 11.3 Å². The number of fused-ring (bicyclic) bond motifs is 1. The third-order valence-corrected chi connectivity index (χ3v) is 2.98. The minimum absolute atomic E-state index is 1.16. The molecule has 9 heavy (non-hydrogen) atoms. The summed E-state index contributed by atoms with van der Waals surface area (Å²) in [6.07, 6.45) is 2.18. The van der Waals surface area contributed by atoms with Gasteiger partial charge in [0.15, 0.2) is 0 Å². The van der Waals surface area contributed by atoms with Crippen LogP contribution in [0.5, 0.6) is 0 Å². The Hall–Kier alpha value is -0.210. The quantitative estimate of drug-likeness (QED) is 0.553. The Bertz CT molecular complexity index is 235. The van der Waals surface area contributed by atoms with E-state index in [9.17, 15) is 0 Å². The molecule has 0 N–H and O–H groups in total. The zero-order chi connectivity index (χ0) is 6.10. The molecule has 0 amide bonds. The van der Waals surface area contributed by atoms with Gasteiger partial charge in [0, 0.05) is 5.75 Å². The van der Waals surface area contributed by atoms with Gasteiger partial charge in [-0.15, -0.1) is 11.8 Å². The monoisotopic (exact) mass is 154 g/mol. The van der Waals surface area contributed by atoms with Crippen LogP contribution in [-0.2, 0) is 5.75 Å². The molecule has 0 nitrogen and oxygen atoms in total. The van der Waals surface area contributed by atoms with E-state index in [1.165, 1.54) is 11.1 Å². The average molecular weight is 154 g/mol. The first-order valence-corrected chi connectivity index (χ1v) is 4.79. The van der Waals surface area contributed by atoms with E-state index in [1.54, 1.807) is 11.3 Å². The van der Waals surface area contributed by atoms with Crippen LogP contribution < -0.4 is 0 Å². The molecule has 0 bridgehead atoms. The predicted octanol–water partition coefficient (Wildman–Crippen LogP) is 2.97. The lowest BCUT2D eigenvalue weighted by Crippen LogP contribution is -1.81. The molecule has 2 heterocycles. The molecule has 0 aromatic carbocycles. The molecule has 46 valence electrons. The molecule has 2 heteroatoms. The van der Waals surface area contributed by atoms with Crippen LogP contribution in [0.1, 0.15) is 11.1 Å². The highest BCUT2D eigenvalue weighted by molar-refractivity contribution is 8.01.